The first kappa shape index (κ1) is 16.9. The number of hydrogen-bond donors (Lipinski definition) is 1. The summed E-state index contributed by atoms with van der Waals surface area (Å²) in [5.74, 6) is -0.124. The number of nitrogens with two attached hydrogens (primary N) is 1. The lowest BCUT2D eigenvalue weighted by Gasteiger charge is -2.34. The van der Waals surface area contributed by atoms with Crippen molar-refractivity contribution in [2.75, 3.05) is 31.9 Å². The van der Waals surface area contributed by atoms with Crippen molar-refractivity contribution in [1.29, 1.82) is 0 Å². The maximum Gasteiger partial charge on any atom is 0.276 e. The molecule has 1 aliphatic heterocycles. The van der Waals surface area contributed by atoms with Gasteiger partial charge in [-0.3, -0.25) is 9.59 Å². The zero-order valence-corrected chi connectivity index (χ0v) is 14.2. The van der Waals surface area contributed by atoms with Crippen molar-refractivity contribution in [2.24, 2.45) is 0 Å². The molecule has 2 heterocycles. The Morgan fingerprint density at radius 1 is 0.960 bits per heavy atom. The van der Waals surface area contributed by atoms with Crippen molar-refractivity contribution in [3.8, 4) is 0 Å². The molecule has 1 saturated heterocycles. The van der Waals surface area contributed by atoms with Crippen molar-refractivity contribution in [3.05, 3.63) is 53.5 Å². The molecule has 1 aromatic heterocycles. The lowest BCUT2D eigenvalue weighted by Crippen LogP contribution is -2.50. The van der Waals surface area contributed by atoms with Crippen molar-refractivity contribution < 1.29 is 9.59 Å². The van der Waals surface area contributed by atoms with Gasteiger partial charge >= 0.3 is 0 Å². The van der Waals surface area contributed by atoms with Crippen molar-refractivity contribution in [1.82, 2.24) is 19.8 Å². The second-order valence-electron chi connectivity index (χ2n) is 5.93. The molecular weight excluding hydrogens is 318 g/mol. The van der Waals surface area contributed by atoms with E-state index in [4.69, 9.17) is 5.73 Å². The monoisotopic (exact) mass is 339 g/mol. The molecule has 2 aromatic rings. The Morgan fingerprint density at radius 2 is 1.52 bits per heavy atom. The number of carbonyl (C=O) groups excluding carboxylic acids is 2. The van der Waals surface area contributed by atoms with Crippen LogP contribution in [0.3, 0.4) is 0 Å². The van der Waals surface area contributed by atoms with Gasteiger partial charge in [0.15, 0.2) is 11.5 Å². The summed E-state index contributed by atoms with van der Waals surface area (Å²) >= 11 is 0. The summed E-state index contributed by atoms with van der Waals surface area (Å²) in [6.07, 6.45) is 3.84. The first-order valence-electron chi connectivity index (χ1n) is 8.34. The van der Waals surface area contributed by atoms with Crippen molar-refractivity contribution >= 4 is 17.6 Å². The van der Waals surface area contributed by atoms with Crippen LogP contribution in [-0.4, -0.2) is 57.8 Å². The summed E-state index contributed by atoms with van der Waals surface area (Å²) in [4.78, 5) is 36.4. The molecule has 0 unspecified atom stereocenters. The fourth-order valence-electron chi connectivity index (χ4n) is 2.84. The fraction of sp³-hybridized carbons (Fsp3) is 0.333. The number of hydrogen-bond acceptors (Lipinski definition) is 5. The van der Waals surface area contributed by atoms with Gasteiger partial charge in [0, 0.05) is 44.1 Å². The molecule has 0 atom stereocenters. The number of benzene rings is 1. The average molecular weight is 339 g/mol. The number of aromatic nitrogens is 2. The summed E-state index contributed by atoms with van der Waals surface area (Å²) in [7, 11) is 0. The highest BCUT2D eigenvalue weighted by Gasteiger charge is 2.27. The highest BCUT2D eigenvalue weighted by molar-refractivity contribution is 5.97. The van der Waals surface area contributed by atoms with Gasteiger partial charge in [-0.1, -0.05) is 19.1 Å². The number of nitrogen functional groups attached to an aromatic ring is 1. The standard InChI is InChI=1S/C18H21N5O2/c1-2-13-3-5-14(6-4-13)17(24)22-9-11-23(12-10-22)18(25)15-16(19)21-8-7-20-15/h3-8H,2,9-12H2,1H3,(H2,19,21). The molecule has 1 aliphatic rings. The van der Waals surface area contributed by atoms with Crippen LogP contribution in [-0.2, 0) is 6.42 Å². The number of aryl methyl sites for hydroxylation is 1. The highest BCUT2D eigenvalue weighted by atomic mass is 16.2. The summed E-state index contributed by atoms with van der Waals surface area (Å²) in [6, 6.07) is 7.67. The molecule has 25 heavy (non-hydrogen) atoms. The predicted molar refractivity (Wildman–Crippen MR) is 94.1 cm³/mol. The minimum Gasteiger partial charge on any atom is -0.382 e. The van der Waals surface area contributed by atoms with Crippen LogP contribution < -0.4 is 5.73 Å². The molecule has 7 heteroatoms. The number of rotatable bonds is 3. The van der Waals surface area contributed by atoms with Crippen molar-refractivity contribution in [2.45, 2.75) is 13.3 Å². The minimum atomic E-state index is -0.245. The third-order valence-electron chi connectivity index (χ3n) is 4.39. The van der Waals surface area contributed by atoms with Gasteiger partial charge in [0.05, 0.1) is 0 Å². The molecule has 130 valence electrons. The second kappa shape index (κ2) is 7.29. The molecule has 0 spiro atoms. The van der Waals surface area contributed by atoms with E-state index in [1.54, 1.807) is 9.80 Å². The zero-order chi connectivity index (χ0) is 17.8. The summed E-state index contributed by atoms with van der Waals surface area (Å²) in [5.41, 5.74) is 7.76. The van der Waals surface area contributed by atoms with Crippen LogP contribution in [0.15, 0.2) is 36.7 Å². The maximum atomic E-state index is 12.6. The summed E-state index contributed by atoms with van der Waals surface area (Å²) in [6.45, 7) is 3.96. The van der Waals surface area contributed by atoms with Crippen LogP contribution >= 0.6 is 0 Å². The largest absolute Gasteiger partial charge is 0.382 e. The SMILES string of the molecule is CCc1ccc(C(=O)N2CCN(C(=O)c3nccnc3N)CC2)cc1. The van der Waals surface area contributed by atoms with Gasteiger partial charge in [0.2, 0.25) is 0 Å². The van der Waals surface area contributed by atoms with E-state index in [1.807, 2.05) is 24.3 Å². The summed E-state index contributed by atoms with van der Waals surface area (Å²) in [5, 5.41) is 0. The second-order valence-corrected chi connectivity index (χ2v) is 5.93. The molecule has 3 rings (SSSR count). The average Bonchev–Trinajstić information content (AvgIpc) is 2.67. The third-order valence-corrected chi connectivity index (χ3v) is 4.39. The molecule has 0 saturated carbocycles. The molecule has 1 fully saturated rings. The fourth-order valence-corrected chi connectivity index (χ4v) is 2.84. The van der Waals surface area contributed by atoms with Crippen molar-refractivity contribution in [3.63, 3.8) is 0 Å². The minimum absolute atomic E-state index is 0.00577. The lowest BCUT2D eigenvalue weighted by molar-refractivity contribution is 0.0532. The van der Waals surface area contributed by atoms with E-state index < -0.39 is 0 Å². The van der Waals surface area contributed by atoms with Gasteiger partial charge in [-0.2, -0.15) is 0 Å². The van der Waals surface area contributed by atoms with Crippen LogP contribution in [0.2, 0.25) is 0 Å². The van der Waals surface area contributed by atoms with Crippen LogP contribution in [0, 0.1) is 0 Å². The molecule has 2 amide bonds. The maximum absolute atomic E-state index is 12.6. The van der Waals surface area contributed by atoms with Crippen LogP contribution in [0.25, 0.3) is 0 Å². The Kier molecular flexibility index (Phi) is 4.92. The topological polar surface area (TPSA) is 92.4 Å². The number of carbonyl (C=O) groups is 2. The van der Waals surface area contributed by atoms with Gasteiger partial charge < -0.3 is 15.5 Å². The lowest BCUT2D eigenvalue weighted by atomic mass is 10.1. The Hall–Kier alpha value is -2.96. The van der Waals surface area contributed by atoms with E-state index in [9.17, 15) is 9.59 Å². The number of piperazine rings is 1. The Bertz CT molecular complexity index is 767. The quantitative estimate of drug-likeness (QED) is 0.908. The van der Waals surface area contributed by atoms with Gasteiger partial charge in [-0.05, 0) is 24.1 Å². The van der Waals surface area contributed by atoms with Gasteiger partial charge in [0.1, 0.15) is 0 Å². The molecule has 0 bridgehead atoms. The molecule has 7 nitrogen and oxygen atoms in total. The number of anilines is 1. The van der Waals surface area contributed by atoms with Gasteiger partial charge in [0.25, 0.3) is 11.8 Å². The van der Waals surface area contributed by atoms with E-state index in [2.05, 4.69) is 16.9 Å². The number of amides is 2. The van der Waals surface area contributed by atoms with E-state index in [-0.39, 0.29) is 23.3 Å². The normalized spacial score (nSPS) is 14.4. The molecule has 2 N–H and O–H groups in total. The smallest absolute Gasteiger partial charge is 0.276 e. The van der Waals surface area contributed by atoms with Crippen LogP contribution in [0.1, 0.15) is 33.3 Å². The molecule has 1 aromatic carbocycles. The van der Waals surface area contributed by atoms with Gasteiger partial charge in [-0.15, -0.1) is 0 Å². The Balaban J connectivity index is 1.62. The highest BCUT2D eigenvalue weighted by Crippen LogP contribution is 2.13. The van der Waals surface area contributed by atoms with Gasteiger partial charge in [-0.25, -0.2) is 9.97 Å². The first-order chi connectivity index (χ1) is 12.1. The van der Waals surface area contributed by atoms with Crippen LogP contribution in [0.5, 0.6) is 0 Å². The van der Waals surface area contributed by atoms with E-state index >= 15 is 0 Å². The van der Waals surface area contributed by atoms with E-state index in [0.29, 0.717) is 31.7 Å². The molecule has 0 radical (unpaired) electrons. The summed E-state index contributed by atoms with van der Waals surface area (Å²) < 4.78 is 0. The molecular formula is C18H21N5O2. The third kappa shape index (κ3) is 3.60. The zero-order valence-electron chi connectivity index (χ0n) is 14.2. The van der Waals surface area contributed by atoms with E-state index in [0.717, 1.165) is 6.42 Å². The van der Waals surface area contributed by atoms with Crippen LogP contribution in [0.4, 0.5) is 5.82 Å². The predicted octanol–water partition coefficient (Wildman–Crippen LogP) is 1.22. The number of nitrogens with zero attached hydrogens (tertiary/aromatic N) is 4. The first-order valence-corrected chi connectivity index (χ1v) is 8.34. The Labute approximate surface area is 146 Å². The van der Waals surface area contributed by atoms with E-state index in [1.165, 1.54) is 18.0 Å². The molecule has 0 aliphatic carbocycles. The Morgan fingerprint density at radius 3 is 2.08 bits per heavy atom.